The zero-order valence-electron chi connectivity index (χ0n) is 11.5. The SMILES string of the molecule is O=C1OCC23CC24CCCCC4=CC13c1ccccc1. The number of carbonyl (C=O) groups is 1. The van der Waals surface area contributed by atoms with Gasteiger partial charge in [-0.15, -0.1) is 0 Å². The normalized spacial score (nSPS) is 44.2. The van der Waals surface area contributed by atoms with Crippen molar-refractivity contribution in [2.75, 3.05) is 6.61 Å². The molecule has 0 amide bonds. The van der Waals surface area contributed by atoms with Gasteiger partial charge in [0, 0.05) is 10.8 Å². The van der Waals surface area contributed by atoms with Gasteiger partial charge in [0.2, 0.25) is 0 Å². The molecule has 2 saturated carbocycles. The third kappa shape index (κ3) is 0.914. The Kier molecular flexibility index (Phi) is 1.77. The maximum atomic E-state index is 12.7. The van der Waals surface area contributed by atoms with Crippen molar-refractivity contribution in [1.82, 2.24) is 0 Å². The molecule has 3 unspecified atom stereocenters. The first-order chi connectivity index (χ1) is 9.75. The molecular formula is C18H18O2. The smallest absolute Gasteiger partial charge is 0.321 e. The Morgan fingerprint density at radius 1 is 1.10 bits per heavy atom. The van der Waals surface area contributed by atoms with E-state index in [0.717, 1.165) is 12.0 Å². The number of esters is 1. The molecule has 2 spiro atoms. The Labute approximate surface area is 118 Å². The van der Waals surface area contributed by atoms with Crippen LogP contribution >= 0.6 is 0 Å². The number of hydrogen-bond acceptors (Lipinski definition) is 2. The molecule has 2 nitrogen and oxygen atoms in total. The van der Waals surface area contributed by atoms with E-state index in [1.165, 1.54) is 25.7 Å². The summed E-state index contributed by atoms with van der Waals surface area (Å²) in [6.45, 7) is 0.626. The lowest BCUT2D eigenvalue weighted by Gasteiger charge is -2.28. The molecule has 20 heavy (non-hydrogen) atoms. The van der Waals surface area contributed by atoms with Gasteiger partial charge in [-0.1, -0.05) is 48.4 Å². The van der Waals surface area contributed by atoms with Crippen molar-refractivity contribution in [1.29, 1.82) is 0 Å². The maximum Gasteiger partial charge on any atom is 0.321 e. The average Bonchev–Trinajstić information content (AvgIpc) is 2.93. The largest absolute Gasteiger partial charge is 0.464 e. The minimum absolute atomic E-state index is 0.0116. The van der Waals surface area contributed by atoms with E-state index >= 15 is 0 Å². The number of allylic oxidation sites excluding steroid dienone is 1. The molecule has 3 aliphatic carbocycles. The first kappa shape index (κ1) is 11.1. The van der Waals surface area contributed by atoms with Gasteiger partial charge in [-0.05, 0) is 31.2 Å². The van der Waals surface area contributed by atoms with Crippen LogP contribution in [0.15, 0.2) is 42.0 Å². The van der Waals surface area contributed by atoms with Gasteiger partial charge in [0.05, 0.1) is 6.61 Å². The van der Waals surface area contributed by atoms with Crippen molar-refractivity contribution in [3.8, 4) is 0 Å². The van der Waals surface area contributed by atoms with Crippen LogP contribution < -0.4 is 0 Å². The number of rotatable bonds is 1. The fraction of sp³-hybridized carbons (Fsp3) is 0.500. The van der Waals surface area contributed by atoms with Crippen LogP contribution in [0.2, 0.25) is 0 Å². The van der Waals surface area contributed by atoms with Crippen molar-refractivity contribution < 1.29 is 9.53 Å². The van der Waals surface area contributed by atoms with Crippen LogP contribution in [-0.4, -0.2) is 12.6 Å². The fourth-order valence-electron chi connectivity index (χ4n) is 5.53. The number of carbonyl (C=O) groups excluding carboxylic acids is 1. The zero-order chi connectivity index (χ0) is 13.4. The summed E-state index contributed by atoms with van der Waals surface area (Å²) in [5.41, 5.74) is 2.57. The van der Waals surface area contributed by atoms with Crippen LogP contribution in [0.25, 0.3) is 0 Å². The quantitative estimate of drug-likeness (QED) is 0.575. The summed E-state index contributed by atoms with van der Waals surface area (Å²) in [6.07, 6.45) is 8.49. The van der Waals surface area contributed by atoms with Crippen molar-refractivity contribution >= 4 is 5.97 Å². The van der Waals surface area contributed by atoms with Gasteiger partial charge in [-0.25, -0.2) is 0 Å². The Morgan fingerprint density at radius 2 is 1.95 bits per heavy atom. The van der Waals surface area contributed by atoms with Crippen LogP contribution in [0.1, 0.15) is 37.7 Å². The van der Waals surface area contributed by atoms with E-state index in [-0.39, 0.29) is 11.4 Å². The molecule has 5 rings (SSSR count). The molecule has 0 radical (unpaired) electrons. The van der Waals surface area contributed by atoms with Crippen molar-refractivity contribution in [2.45, 2.75) is 37.5 Å². The lowest BCUT2D eigenvalue weighted by atomic mass is 9.69. The number of ether oxygens (including phenoxy) is 1. The molecule has 102 valence electrons. The van der Waals surface area contributed by atoms with E-state index in [1.54, 1.807) is 5.57 Å². The second kappa shape index (κ2) is 3.19. The van der Waals surface area contributed by atoms with Crippen LogP contribution in [0, 0.1) is 10.8 Å². The predicted molar refractivity (Wildman–Crippen MR) is 75.1 cm³/mol. The molecule has 4 aliphatic rings. The van der Waals surface area contributed by atoms with Crippen LogP contribution in [-0.2, 0) is 14.9 Å². The molecule has 3 atom stereocenters. The molecular weight excluding hydrogens is 248 g/mol. The van der Waals surface area contributed by atoms with E-state index in [2.05, 4.69) is 18.2 Å². The van der Waals surface area contributed by atoms with Gasteiger partial charge in [0.15, 0.2) is 0 Å². The standard InChI is InChI=1S/C18H18O2/c19-15-18(13-6-2-1-3-7-13)10-14-8-4-5-9-16(14)11-17(16,18)12-20-15/h1-3,6-7,10H,4-5,8-9,11-12H2. The summed E-state index contributed by atoms with van der Waals surface area (Å²) >= 11 is 0. The fourth-order valence-corrected chi connectivity index (χ4v) is 5.53. The highest BCUT2D eigenvalue weighted by atomic mass is 16.5. The third-order valence-electron chi connectivity index (χ3n) is 6.46. The minimum atomic E-state index is -0.478. The van der Waals surface area contributed by atoms with E-state index in [9.17, 15) is 4.79 Å². The summed E-state index contributed by atoms with van der Waals surface area (Å²) in [5, 5.41) is 0. The minimum Gasteiger partial charge on any atom is -0.464 e. The topological polar surface area (TPSA) is 26.3 Å². The molecule has 1 heterocycles. The van der Waals surface area contributed by atoms with Crippen molar-refractivity contribution in [3.05, 3.63) is 47.5 Å². The van der Waals surface area contributed by atoms with E-state index in [0.29, 0.717) is 12.0 Å². The summed E-state index contributed by atoms with van der Waals surface area (Å²) in [7, 11) is 0. The van der Waals surface area contributed by atoms with Crippen molar-refractivity contribution in [3.63, 3.8) is 0 Å². The second-order valence-corrected chi connectivity index (χ2v) is 6.97. The number of hydrogen-bond donors (Lipinski definition) is 0. The Bertz CT molecular complexity index is 647. The van der Waals surface area contributed by atoms with E-state index < -0.39 is 5.41 Å². The predicted octanol–water partition coefficient (Wildman–Crippen LogP) is 3.37. The number of cyclic esters (lactones) is 1. The highest BCUT2D eigenvalue weighted by molar-refractivity contribution is 5.93. The Balaban J connectivity index is 1.78. The molecule has 1 aromatic rings. The molecule has 1 saturated heterocycles. The monoisotopic (exact) mass is 266 g/mol. The van der Waals surface area contributed by atoms with Gasteiger partial charge in [-0.2, -0.15) is 0 Å². The summed E-state index contributed by atoms with van der Waals surface area (Å²) in [5.74, 6) is -0.0116. The third-order valence-corrected chi connectivity index (χ3v) is 6.46. The summed E-state index contributed by atoms with van der Waals surface area (Å²) in [4.78, 5) is 12.7. The highest BCUT2D eigenvalue weighted by Crippen LogP contribution is 2.84. The Hall–Kier alpha value is -1.57. The van der Waals surface area contributed by atoms with Crippen LogP contribution in [0.4, 0.5) is 0 Å². The molecule has 2 heteroatoms. The van der Waals surface area contributed by atoms with Gasteiger partial charge < -0.3 is 4.74 Å². The average molecular weight is 266 g/mol. The van der Waals surface area contributed by atoms with Crippen molar-refractivity contribution in [2.24, 2.45) is 10.8 Å². The maximum absolute atomic E-state index is 12.7. The van der Waals surface area contributed by atoms with Crippen LogP contribution in [0.3, 0.4) is 0 Å². The highest BCUT2D eigenvalue weighted by Gasteiger charge is 2.85. The van der Waals surface area contributed by atoms with Crippen LogP contribution in [0.5, 0.6) is 0 Å². The van der Waals surface area contributed by atoms with Gasteiger partial charge in [0.25, 0.3) is 0 Å². The zero-order valence-corrected chi connectivity index (χ0v) is 11.5. The summed E-state index contributed by atoms with van der Waals surface area (Å²) < 4.78 is 5.58. The van der Waals surface area contributed by atoms with E-state index in [1.807, 2.05) is 18.2 Å². The molecule has 0 aromatic heterocycles. The van der Waals surface area contributed by atoms with Gasteiger partial charge in [0.1, 0.15) is 5.41 Å². The number of benzene rings is 1. The molecule has 0 bridgehead atoms. The lowest BCUT2D eigenvalue weighted by molar-refractivity contribution is -0.141. The Morgan fingerprint density at radius 3 is 2.80 bits per heavy atom. The molecule has 3 fully saturated rings. The lowest BCUT2D eigenvalue weighted by Crippen LogP contribution is -2.37. The van der Waals surface area contributed by atoms with E-state index in [4.69, 9.17) is 4.74 Å². The summed E-state index contributed by atoms with van der Waals surface area (Å²) in [6, 6.07) is 10.3. The molecule has 1 aromatic carbocycles. The first-order valence-corrected chi connectivity index (χ1v) is 7.70. The first-order valence-electron chi connectivity index (χ1n) is 7.70. The van der Waals surface area contributed by atoms with Gasteiger partial charge >= 0.3 is 5.97 Å². The van der Waals surface area contributed by atoms with Gasteiger partial charge in [-0.3, -0.25) is 4.79 Å². The molecule has 0 N–H and O–H groups in total. The molecule has 1 aliphatic heterocycles. The second-order valence-electron chi connectivity index (χ2n) is 6.97.